The van der Waals surface area contributed by atoms with Crippen LogP contribution in [0.15, 0.2) is 223 Å². The molecular formula is C64H38N4OS. The largest absolute Gasteiger partial charge is 0.455 e. The van der Waals surface area contributed by atoms with Crippen molar-refractivity contribution in [2.45, 2.75) is 6.42 Å². The minimum absolute atomic E-state index is 0.562. The van der Waals surface area contributed by atoms with Crippen LogP contribution in [0.3, 0.4) is 0 Å². The lowest BCUT2D eigenvalue weighted by Crippen LogP contribution is -2.00. The number of hydrogen-bond donors (Lipinski definition) is 0. The molecule has 10 aromatic carbocycles. The second-order valence-electron chi connectivity index (χ2n) is 18.2. The quantitative estimate of drug-likeness (QED) is 0.167. The van der Waals surface area contributed by atoms with Crippen LogP contribution in [0, 0.1) is 0 Å². The molecular weight excluding hydrogens is 873 g/mol. The average Bonchev–Trinajstić information content (AvgIpc) is 4.20. The molecule has 0 saturated carbocycles. The Morgan fingerprint density at radius 2 is 0.971 bits per heavy atom. The molecule has 0 fully saturated rings. The summed E-state index contributed by atoms with van der Waals surface area (Å²) in [4.78, 5) is 15.1. The molecule has 4 aromatic heterocycles. The first-order valence-electron chi connectivity index (χ1n) is 23.7. The van der Waals surface area contributed by atoms with Crippen LogP contribution in [0.4, 0.5) is 0 Å². The van der Waals surface area contributed by atoms with Crippen LogP contribution in [-0.4, -0.2) is 19.5 Å². The Morgan fingerprint density at radius 1 is 0.386 bits per heavy atom. The zero-order chi connectivity index (χ0) is 45.9. The Labute approximate surface area is 406 Å². The van der Waals surface area contributed by atoms with E-state index in [0.29, 0.717) is 17.5 Å². The SMILES string of the molecule is c1ccc(-c2nc(-c3ccccc3)nc(-c3cccc4c3oc3c(-c5ccc6c(c5)c5c7sc8ccccc8c7ccc5n6-c5ccc(-c6cccc7c6Cc6ccccc6-7)cc5)cccc34)n2)cc1. The third-order valence-corrected chi connectivity index (χ3v) is 15.5. The summed E-state index contributed by atoms with van der Waals surface area (Å²) in [5, 5.41) is 7.08. The first kappa shape index (κ1) is 39.1. The Bertz CT molecular complexity index is 4380. The normalized spacial score (nSPS) is 12.2. The summed E-state index contributed by atoms with van der Waals surface area (Å²) in [6, 6.07) is 78.0. The van der Waals surface area contributed by atoms with E-state index in [1.165, 1.54) is 69.8 Å². The lowest BCUT2D eigenvalue weighted by molar-refractivity contribution is 0.670. The van der Waals surface area contributed by atoms with Crippen LogP contribution in [0.5, 0.6) is 0 Å². The maximum Gasteiger partial charge on any atom is 0.167 e. The summed E-state index contributed by atoms with van der Waals surface area (Å²) in [7, 11) is 0. The highest BCUT2D eigenvalue weighted by Gasteiger charge is 2.24. The molecule has 0 N–H and O–H groups in total. The van der Waals surface area contributed by atoms with E-state index < -0.39 is 0 Å². The van der Waals surface area contributed by atoms with Gasteiger partial charge in [-0.05, 0) is 87.8 Å². The number of nitrogens with zero attached hydrogens (tertiary/aromatic N) is 4. The van der Waals surface area contributed by atoms with Crippen molar-refractivity contribution in [3.63, 3.8) is 0 Å². The Balaban J connectivity index is 0.901. The summed E-state index contributed by atoms with van der Waals surface area (Å²) in [5.74, 6) is 1.78. The van der Waals surface area contributed by atoms with Crippen LogP contribution >= 0.6 is 11.3 Å². The van der Waals surface area contributed by atoms with Gasteiger partial charge in [0.2, 0.25) is 0 Å². The van der Waals surface area contributed by atoms with E-state index in [0.717, 1.165) is 67.4 Å². The molecule has 326 valence electrons. The van der Waals surface area contributed by atoms with Gasteiger partial charge in [0.05, 0.1) is 16.6 Å². The number of fused-ring (bicyclic) bond motifs is 13. The number of benzene rings is 10. The fraction of sp³-hybridized carbons (Fsp3) is 0.0156. The van der Waals surface area contributed by atoms with E-state index >= 15 is 0 Å². The standard InChI is InChI=1S/C64H38N4OS/c1-3-14-39(15-4-1)62-65-63(40-16-5-2-6-17-40)67-64(66-62)52-26-13-25-50-49-24-12-22-46(59(49)69-60(50)52)42-30-34-55-54(37-42)58-56(35-33-51-48-20-9-10-27-57(48)70-61(51)58)68(55)43-31-28-38(29-32-43)44-21-11-23-47-45-19-8-7-18-41(45)36-53(44)47/h1-35,37H,36H2. The summed E-state index contributed by atoms with van der Waals surface area (Å²) in [6.07, 6.45) is 0.955. The zero-order valence-electron chi connectivity index (χ0n) is 37.6. The van der Waals surface area contributed by atoms with Crippen molar-refractivity contribution in [3.05, 3.63) is 230 Å². The molecule has 0 bridgehead atoms. The van der Waals surface area contributed by atoms with Gasteiger partial charge in [-0.25, -0.2) is 15.0 Å². The van der Waals surface area contributed by atoms with E-state index in [9.17, 15) is 0 Å². The second-order valence-corrected chi connectivity index (χ2v) is 19.3. The highest BCUT2D eigenvalue weighted by atomic mass is 32.1. The molecule has 0 aliphatic heterocycles. The van der Waals surface area contributed by atoms with Crippen molar-refractivity contribution in [2.24, 2.45) is 0 Å². The molecule has 4 heterocycles. The molecule has 0 spiro atoms. The molecule has 6 heteroatoms. The predicted molar refractivity (Wildman–Crippen MR) is 290 cm³/mol. The number of furan rings is 1. The molecule has 14 aromatic rings. The van der Waals surface area contributed by atoms with Crippen LogP contribution in [0.1, 0.15) is 11.1 Å². The number of rotatable bonds is 6. The van der Waals surface area contributed by atoms with Gasteiger partial charge in [0.15, 0.2) is 17.5 Å². The van der Waals surface area contributed by atoms with E-state index in [1.54, 1.807) is 0 Å². The minimum atomic E-state index is 0.562. The van der Waals surface area contributed by atoms with E-state index in [4.69, 9.17) is 19.4 Å². The molecule has 0 saturated heterocycles. The molecule has 0 radical (unpaired) electrons. The van der Waals surface area contributed by atoms with Gasteiger partial charge in [0.1, 0.15) is 11.2 Å². The Hall–Kier alpha value is -8.97. The molecule has 0 unspecified atom stereocenters. The molecule has 70 heavy (non-hydrogen) atoms. The van der Waals surface area contributed by atoms with Gasteiger partial charge >= 0.3 is 0 Å². The maximum absolute atomic E-state index is 7.09. The fourth-order valence-corrected chi connectivity index (χ4v) is 12.4. The van der Waals surface area contributed by atoms with Crippen LogP contribution in [0.2, 0.25) is 0 Å². The first-order chi connectivity index (χ1) is 34.7. The van der Waals surface area contributed by atoms with Crippen molar-refractivity contribution in [1.29, 1.82) is 0 Å². The molecule has 0 amide bonds. The molecule has 5 nitrogen and oxygen atoms in total. The van der Waals surface area contributed by atoms with Crippen molar-refractivity contribution < 1.29 is 4.42 Å². The molecule has 0 atom stereocenters. The van der Waals surface area contributed by atoms with Gasteiger partial charge in [0.25, 0.3) is 0 Å². The van der Waals surface area contributed by atoms with Crippen molar-refractivity contribution in [1.82, 2.24) is 19.5 Å². The van der Waals surface area contributed by atoms with Crippen molar-refractivity contribution in [3.8, 4) is 73.2 Å². The molecule has 15 rings (SSSR count). The van der Waals surface area contributed by atoms with Gasteiger partial charge in [-0.15, -0.1) is 11.3 Å². The topological polar surface area (TPSA) is 56.7 Å². The molecule has 1 aliphatic rings. The Morgan fingerprint density at radius 3 is 1.76 bits per heavy atom. The second kappa shape index (κ2) is 15.3. The fourth-order valence-electron chi connectivity index (χ4n) is 11.1. The zero-order valence-corrected chi connectivity index (χ0v) is 38.4. The third-order valence-electron chi connectivity index (χ3n) is 14.3. The average molecular weight is 911 g/mol. The van der Waals surface area contributed by atoms with E-state index in [-0.39, 0.29) is 0 Å². The monoisotopic (exact) mass is 910 g/mol. The van der Waals surface area contributed by atoms with Gasteiger partial charge in [0, 0.05) is 64.1 Å². The van der Waals surface area contributed by atoms with E-state index in [2.05, 4.69) is 162 Å². The summed E-state index contributed by atoms with van der Waals surface area (Å²) < 4.78 is 12.1. The van der Waals surface area contributed by atoms with Crippen LogP contribution < -0.4 is 0 Å². The van der Waals surface area contributed by atoms with Gasteiger partial charge < -0.3 is 8.98 Å². The lowest BCUT2D eigenvalue weighted by Gasteiger charge is -2.12. The third kappa shape index (κ3) is 5.93. The number of hydrogen-bond acceptors (Lipinski definition) is 5. The Kier molecular flexibility index (Phi) is 8.52. The van der Waals surface area contributed by atoms with Crippen molar-refractivity contribution in [2.75, 3.05) is 0 Å². The van der Waals surface area contributed by atoms with Gasteiger partial charge in [-0.2, -0.15) is 0 Å². The highest BCUT2D eigenvalue weighted by molar-refractivity contribution is 7.26. The summed E-state index contributed by atoms with van der Waals surface area (Å²) in [5.41, 5.74) is 17.8. The van der Waals surface area contributed by atoms with Crippen molar-refractivity contribution >= 4 is 75.3 Å². The minimum Gasteiger partial charge on any atom is -0.455 e. The first-order valence-corrected chi connectivity index (χ1v) is 24.5. The van der Waals surface area contributed by atoms with Gasteiger partial charge in [-0.1, -0.05) is 176 Å². The summed E-state index contributed by atoms with van der Waals surface area (Å²) in [6.45, 7) is 0. The maximum atomic E-state index is 7.09. The number of thiophene rings is 1. The van der Waals surface area contributed by atoms with Crippen LogP contribution in [0.25, 0.3) is 137 Å². The summed E-state index contributed by atoms with van der Waals surface area (Å²) >= 11 is 1.88. The van der Waals surface area contributed by atoms with Gasteiger partial charge in [-0.3, -0.25) is 0 Å². The predicted octanol–water partition coefficient (Wildman–Crippen LogP) is 17.1. The highest BCUT2D eigenvalue weighted by Crippen LogP contribution is 2.47. The lowest BCUT2D eigenvalue weighted by atomic mass is 9.95. The molecule has 1 aliphatic carbocycles. The van der Waals surface area contributed by atoms with Crippen LogP contribution in [-0.2, 0) is 6.42 Å². The smallest absolute Gasteiger partial charge is 0.167 e. The number of para-hydroxylation sites is 2. The number of aromatic nitrogens is 4. The van der Waals surface area contributed by atoms with E-state index in [1.807, 2.05) is 72.0 Å².